The van der Waals surface area contributed by atoms with E-state index in [0.717, 1.165) is 5.56 Å². The van der Waals surface area contributed by atoms with Crippen molar-refractivity contribution >= 4 is 52.3 Å². The Morgan fingerprint density at radius 2 is 2.17 bits per heavy atom. The van der Waals surface area contributed by atoms with Crippen LogP contribution in [0, 0.1) is 0 Å². The van der Waals surface area contributed by atoms with Crippen molar-refractivity contribution in [3.8, 4) is 0 Å². The molecule has 0 saturated carbocycles. The maximum Gasteiger partial charge on any atom is 0.239 e. The molecule has 1 N–H and O–H groups in total. The van der Waals surface area contributed by atoms with Gasteiger partial charge in [0, 0.05) is 0 Å². The summed E-state index contributed by atoms with van der Waals surface area (Å²) in [6, 6.07) is 8.89. The molecular formula is C15H11Cl2N3O2S. The molecule has 23 heavy (non-hydrogen) atoms. The van der Waals surface area contributed by atoms with Crippen LogP contribution in [-0.2, 0) is 11.2 Å². The molecule has 118 valence electrons. The van der Waals surface area contributed by atoms with Crippen molar-refractivity contribution in [2.75, 3.05) is 0 Å². The molecule has 1 amide bonds. The van der Waals surface area contributed by atoms with E-state index in [-0.39, 0.29) is 11.2 Å². The van der Waals surface area contributed by atoms with Gasteiger partial charge in [0.25, 0.3) is 0 Å². The summed E-state index contributed by atoms with van der Waals surface area (Å²) in [6.45, 7) is 0. The number of thioether (sulfide) groups is 1. The topological polar surface area (TPSA) is 67.0 Å². The summed E-state index contributed by atoms with van der Waals surface area (Å²) >= 11 is 13.5. The number of rotatable bonds is 4. The molecule has 1 aromatic heterocycles. The van der Waals surface area contributed by atoms with Gasteiger partial charge in [0.2, 0.25) is 5.91 Å². The standard InChI is InChI=1S/C15H11Cl2N3O2S/c16-11-5-1-3-9(13(11)17)7-12-14(21)19-15(23-12)20-18-8-10-4-2-6-22-10/h1-6,8,12H,7H2,(H,19,20,21)/b18-8-/t12-/m0/s1. The van der Waals surface area contributed by atoms with Crippen LogP contribution < -0.4 is 5.32 Å². The number of hydrogen-bond donors (Lipinski definition) is 1. The van der Waals surface area contributed by atoms with Gasteiger partial charge in [-0.1, -0.05) is 47.1 Å². The van der Waals surface area contributed by atoms with E-state index in [9.17, 15) is 4.79 Å². The molecule has 1 aliphatic rings. The number of nitrogens with zero attached hydrogens (tertiary/aromatic N) is 2. The molecule has 1 aliphatic heterocycles. The number of hydrogen-bond acceptors (Lipinski definition) is 5. The third-order valence-electron chi connectivity index (χ3n) is 3.09. The van der Waals surface area contributed by atoms with Crippen molar-refractivity contribution in [3.63, 3.8) is 0 Å². The minimum Gasteiger partial charge on any atom is -0.463 e. The van der Waals surface area contributed by atoms with Gasteiger partial charge in [-0.2, -0.15) is 5.10 Å². The number of benzene rings is 1. The van der Waals surface area contributed by atoms with Gasteiger partial charge in [0.1, 0.15) is 5.76 Å². The van der Waals surface area contributed by atoms with Crippen molar-refractivity contribution in [3.05, 3.63) is 58.0 Å². The fraction of sp³-hybridized carbons (Fsp3) is 0.133. The summed E-state index contributed by atoms with van der Waals surface area (Å²) in [6.07, 6.45) is 3.49. The molecule has 3 rings (SSSR count). The fourth-order valence-electron chi connectivity index (χ4n) is 2.00. The maximum atomic E-state index is 12.0. The van der Waals surface area contributed by atoms with Gasteiger partial charge in [-0.05, 0) is 30.2 Å². The summed E-state index contributed by atoms with van der Waals surface area (Å²) < 4.78 is 5.10. The minimum atomic E-state index is -0.316. The highest BCUT2D eigenvalue weighted by Crippen LogP contribution is 2.30. The Morgan fingerprint density at radius 3 is 2.96 bits per heavy atom. The third kappa shape index (κ3) is 3.96. The molecule has 5 nitrogen and oxygen atoms in total. The van der Waals surface area contributed by atoms with Crippen LogP contribution in [0.5, 0.6) is 0 Å². The first-order valence-electron chi connectivity index (χ1n) is 6.68. The normalized spacial score (nSPS) is 19.7. The highest BCUT2D eigenvalue weighted by molar-refractivity contribution is 8.15. The Labute approximate surface area is 146 Å². The first-order valence-corrected chi connectivity index (χ1v) is 8.32. The molecule has 8 heteroatoms. The van der Waals surface area contributed by atoms with Gasteiger partial charge in [-0.15, -0.1) is 5.10 Å². The average Bonchev–Trinajstić information content (AvgIpc) is 3.15. The number of amidine groups is 1. The maximum absolute atomic E-state index is 12.0. The largest absolute Gasteiger partial charge is 0.463 e. The Bertz CT molecular complexity index is 775. The molecule has 1 aromatic carbocycles. The van der Waals surface area contributed by atoms with E-state index in [2.05, 4.69) is 15.5 Å². The molecule has 1 atom stereocenters. The van der Waals surface area contributed by atoms with Crippen LogP contribution in [0.4, 0.5) is 0 Å². The summed E-state index contributed by atoms with van der Waals surface area (Å²) in [5.41, 5.74) is 0.826. The molecule has 0 radical (unpaired) electrons. The van der Waals surface area contributed by atoms with Crippen molar-refractivity contribution in [2.45, 2.75) is 11.7 Å². The fourth-order valence-corrected chi connectivity index (χ4v) is 3.34. The van der Waals surface area contributed by atoms with Crippen LogP contribution in [0.1, 0.15) is 11.3 Å². The van der Waals surface area contributed by atoms with Gasteiger partial charge in [-0.3, -0.25) is 4.79 Å². The first kappa shape index (κ1) is 16.1. The Hall–Kier alpha value is -1.76. The Morgan fingerprint density at radius 1 is 1.30 bits per heavy atom. The number of furan rings is 1. The molecule has 0 unspecified atom stereocenters. The van der Waals surface area contributed by atoms with Gasteiger partial charge in [0.05, 0.1) is 27.8 Å². The van der Waals surface area contributed by atoms with Crippen molar-refractivity contribution in [1.29, 1.82) is 0 Å². The van der Waals surface area contributed by atoms with E-state index in [1.54, 1.807) is 24.5 Å². The number of carbonyl (C=O) groups is 1. The van der Waals surface area contributed by atoms with Crippen molar-refractivity contribution < 1.29 is 9.21 Å². The van der Waals surface area contributed by atoms with E-state index >= 15 is 0 Å². The second-order valence-electron chi connectivity index (χ2n) is 4.68. The van der Waals surface area contributed by atoms with E-state index in [1.165, 1.54) is 18.0 Å². The van der Waals surface area contributed by atoms with Gasteiger partial charge >= 0.3 is 0 Å². The molecule has 2 aromatic rings. The molecule has 0 spiro atoms. The summed E-state index contributed by atoms with van der Waals surface area (Å²) in [5, 5.41) is 11.6. The lowest BCUT2D eigenvalue weighted by atomic mass is 10.1. The zero-order valence-corrected chi connectivity index (χ0v) is 14.0. The van der Waals surface area contributed by atoms with Crippen LogP contribution in [0.3, 0.4) is 0 Å². The van der Waals surface area contributed by atoms with E-state index in [4.69, 9.17) is 27.6 Å². The first-order chi connectivity index (χ1) is 11.1. The Balaban J connectivity index is 1.66. The average molecular weight is 368 g/mol. The number of nitrogens with one attached hydrogen (secondary N) is 1. The monoisotopic (exact) mass is 367 g/mol. The lowest BCUT2D eigenvalue weighted by molar-refractivity contribution is -0.118. The minimum absolute atomic E-state index is 0.127. The van der Waals surface area contributed by atoms with Crippen LogP contribution in [0.2, 0.25) is 10.0 Å². The number of carbonyl (C=O) groups excluding carboxylic acids is 1. The van der Waals surface area contributed by atoms with Crippen LogP contribution in [0.15, 0.2) is 51.2 Å². The third-order valence-corrected chi connectivity index (χ3v) is 5.02. The smallest absolute Gasteiger partial charge is 0.239 e. The van der Waals surface area contributed by atoms with E-state index < -0.39 is 0 Å². The zero-order valence-electron chi connectivity index (χ0n) is 11.7. The van der Waals surface area contributed by atoms with Crippen LogP contribution >= 0.6 is 35.0 Å². The van der Waals surface area contributed by atoms with E-state index in [0.29, 0.717) is 27.4 Å². The SMILES string of the molecule is O=C1N/C(=N\N=C/c2ccco2)S[C@H]1Cc1cccc(Cl)c1Cl. The molecule has 0 aliphatic carbocycles. The molecule has 1 saturated heterocycles. The second-order valence-corrected chi connectivity index (χ2v) is 6.65. The quantitative estimate of drug-likeness (QED) is 0.660. The molecule has 1 fully saturated rings. The lowest BCUT2D eigenvalue weighted by Crippen LogP contribution is -2.26. The van der Waals surface area contributed by atoms with Crippen LogP contribution in [0.25, 0.3) is 0 Å². The molecular weight excluding hydrogens is 357 g/mol. The van der Waals surface area contributed by atoms with Crippen molar-refractivity contribution in [1.82, 2.24) is 5.32 Å². The lowest BCUT2D eigenvalue weighted by Gasteiger charge is -2.08. The summed E-state index contributed by atoms with van der Waals surface area (Å²) in [5.74, 6) is 0.462. The predicted octanol–water partition coefficient (Wildman–Crippen LogP) is 3.75. The summed E-state index contributed by atoms with van der Waals surface area (Å²) in [7, 11) is 0. The van der Waals surface area contributed by atoms with E-state index in [1.807, 2.05) is 12.1 Å². The zero-order chi connectivity index (χ0) is 16.2. The highest BCUT2D eigenvalue weighted by atomic mass is 35.5. The van der Waals surface area contributed by atoms with Gasteiger partial charge in [0.15, 0.2) is 5.17 Å². The Kier molecular flexibility index (Phi) is 5.05. The molecule has 2 heterocycles. The van der Waals surface area contributed by atoms with Gasteiger partial charge in [-0.25, -0.2) is 0 Å². The van der Waals surface area contributed by atoms with Crippen molar-refractivity contribution in [2.24, 2.45) is 10.2 Å². The summed E-state index contributed by atoms with van der Waals surface area (Å²) in [4.78, 5) is 12.0. The molecule has 0 bridgehead atoms. The van der Waals surface area contributed by atoms with Gasteiger partial charge < -0.3 is 9.73 Å². The second kappa shape index (κ2) is 7.21. The highest BCUT2D eigenvalue weighted by Gasteiger charge is 2.31. The predicted molar refractivity (Wildman–Crippen MR) is 93.4 cm³/mol. The number of halogens is 2. The number of amides is 1. The van der Waals surface area contributed by atoms with Crippen LogP contribution in [-0.4, -0.2) is 22.5 Å².